The van der Waals surface area contributed by atoms with Gasteiger partial charge < -0.3 is 9.47 Å². The predicted molar refractivity (Wildman–Crippen MR) is 143 cm³/mol. The lowest BCUT2D eigenvalue weighted by Crippen LogP contribution is -2.73. The quantitative estimate of drug-likeness (QED) is 0.417. The molecule has 7 rings (SSSR count). The molecule has 2 bridgehead atoms. The highest BCUT2D eigenvalue weighted by molar-refractivity contribution is 5.75. The number of ether oxygens (including phenoxy) is 2. The molecular formula is C31H33N3O4. The Labute approximate surface area is 223 Å². The first kappa shape index (κ1) is 24.5. The third-order valence-electron chi connectivity index (χ3n) is 7.95. The Kier molecular flexibility index (Phi) is 7.01. The van der Waals surface area contributed by atoms with E-state index in [1.54, 1.807) is 0 Å². The highest BCUT2D eigenvalue weighted by Gasteiger charge is 2.52. The first-order valence-corrected chi connectivity index (χ1v) is 13.5. The molecule has 38 heavy (non-hydrogen) atoms. The van der Waals surface area contributed by atoms with Crippen LogP contribution in [0.25, 0.3) is 0 Å². The molecule has 3 aliphatic heterocycles. The summed E-state index contributed by atoms with van der Waals surface area (Å²) in [7, 11) is 0. The zero-order valence-corrected chi connectivity index (χ0v) is 21.4. The van der Waals surface area contributed by atoms with Crippen molar-refractivity contribution in [3.05, 3.63) is 107 Å². The van der Waals surface area contributed by atoms with Crippen LogP contribution in [0.15, 0.2) is 84.9 Å². The molecule has 4 aliphatic rings. The van der Waals surface area contributed by atoms with Gasteiger partial charge in [-0.05, 0) is 54.4 Å². The summed E-state index contributed by atoms with van der Waals surface area (Å²) >= 11 is 0. The molecule has 3 saturated heterocycles. The maximum Gasteiger partial charge on any atom is 0.430 e. The third kappa shape index (κ3) is 4.86. The van der Waals surface area contributed by atoms with Gasteiger partial charge in [0.05, 0.1) is 6.04 Å². The van der Waals surface area contributed by atoms with Gasteiger partial charge >= 0.3 is 12.2 Å². The highest BCUT2D eigenvalue weighted by Crippen LogP contribution is 2.43. The van der Waals surface area contributed by atoms with E-state index in [0.717, 1.165) is 43.2 Å². The molecule has 0 saturated carbocycles. The number of rotatable bonds is 5. The molecule has 3 heterocycles. The van der Waals surface area contributed by atoms with Crippen LogP contribution in [-0.4, -0.2) is 45.9 Å². The first-order chi connectivity index (χ1) is 18.7. The topological polar surface area (TPSA) is 62.3 Å². The molecule has 3 aromatic rings. The number of carbonyl (C=O) groups excluding carboxylic acids is 2. The molecule has 1 aliphatic carbocycles. The highest BCUT2D eigenvalue weighted by atomic mass is 16.6. The summed E-state index contributed by atoms with van der Waals surface area (Å²) in [4.78, 5) is 29.5. The summed E-state index contributed by atoms with van der Waals surface area (Å²) in [5.74, 6) is 0. The van der Waals surface area contributed by atoms with Crippen LogP contribution in [0.5, 0.6) is 0 Å². The normalized spacial score (nSPS) is 22.6. The van der Waals surface area contributed by atoms with Crippen LogP contribution in [0.2, 0.25) is 0 Å². The molecular weight excluding hydrogens is 478 g/mol. The van der Waals surface area contributed by atoms with Crippen molar-refractivity contribution < 1.29 is 19.1 Å². The molecule has 0 N–H and O–H groups in total. The van der Waals surface area contributed by atoms with Crippen molar-refractivity contribution in [2.24, 2.45) is 0 Å². The van der Waals surface area contributed by atoms with Crippen molar-refractivity contribution in [1.29, 1.82) is 0 Å². The van der Waals surface area contributed by atoms with Crippen LogP contribution in [0.4, 0.5) is 9.59 Å². The molecule has 3 unspecified atom stereocenters. The molecule has 0 aromatic heterocycles. The van der Waals surface area contributed by atoms with Crippen molar-refractivity contribution in [2.75, 3.05) is 6.54 Å². The van der Waals surface area contributed by atoms with Gasteiger partial charge in [-0.3, -0.25) is 4.90 Å². The largest absolute Gasteiger partial charge is 0.443 e. The fraction of sp³-hybridized carbons (Fsp3) is 0.355. The van der Waals surface area contributed by atoms with Gasteiger partial charge in [-0.1, -0.05) is 84.9 Å². The summed E-state index contributed by atoms with van der Waals surface area (Å²) in [6, 6.07) is 27.9. The van der Waals surface area contributed by atoms with Crippen LogP contribution in [0.1, 0.15) is 54.0 Å². The summed E-state index contributed by atoms with van der Waals surface area (Å²) in [6.45, 7) is 0.999. The van der Waals surface area contributed by atoms with Gasteiger partial charge in [0.1, 0.15) is 19.4 Å². The minimum atomic E-state index is -0.519. The Balaban J connectivity index is 1.26. The monoisotopic (exact) mass is 511 g/mol. The molecule has 196 valence electrons. The smallest absolute Gasteiger partial charge is 0.430 e. The second-order valence-electron chi connectivity index (χ2n) is 10.3. The average Bonchev–Trinajstić information content (AvgIpc) is 2.99. The molecule has 7 heteroatoms. The molecule has 7 nitrogen and oxygen atoms in total. The van der Waals surface area contributed by atoms with Crippen LogP contribution in [-0.2, 0) is 29.1 Å². The van der Waals surface area contributed by atoms with Crippen molar-refractivity contribution in [1.82, 2.24) is 14.9 Å². The summed E-state index contributed by atoms with van der Waals surface area (Å²) in [5.41, 5.74) is 4.52. The number of carbonyl (C=O) groups is 2. The Morgan fingerprint density at radius 2 is 1.32 bits per heavy atom. The average molecular weight is 512 g/mol. The number of benzene rings is 3. The van der Waals surface area contributed by atoms with E-state index in [4.69, 9.17) is 9.47 Å². The summed E-state index contributed by atoms with van der Waals surface area (Å²) in [5, 5.41) is 3.06. The lowest BCUT2D eigenvalue weighted by atomic mass is 9.84. The second kappa shape index (κ2) is 10.9. The molecule has 0 radical (unpaired) electrons. The van der Waals surface area contributed by atoms with E-state index in [-0.39, 0.29) is 31.5 Å². The van der Waals surface area contributed by atoms with Crippen molar-refractivity contribution in [3.63, 3.8) is 0 Å². The van der Waals surface area contributed by atoms with Gasteiger partial charge in [0.15, 0.2) is 0 Å². The lowest BCUT2D eigenvalue weighted by molar-refractivity contribution is -0.192. The zero-order valence-electron chi connectivity index (χ0n) is 21.4. The van der Waals surface area contributed by atoms with Gasteiger partial charge in [0.25, 0.3) is 0 Å². The molecule has 3 aromatic carbocycles. The van der Waals surface area contributed by atoms with Gasteiger partial charge in [-0.25, -0.2) is 14.6 Å². The number of hydrogen-bond donors (Lipinski definition) is 0. The van der Waals surface area contributed by atoms with E-state index in [9.17, 15) is 9.59 Å². The Morgan fingerprint density at radius 1 is 0.711 bits per heavy atom. The Hall–Kier alpha value is -3.84. The number of nitrogens with zero attached hydrogens (tertiary/aromatic N) is 3. The number of fused-ring (bicyclic) bond motifs is 4. The fourth-order valence-corrected chi connectivity index (χ4v) is 6.17. The molecule has 0 spiro atoms. The summed E-state index contributed by atoms with van der Waals surface area (Å²) < 4.78 is 11.5. The van der Waals surface area contributed by atoms with Gasteiger partial charge in [0.2, 0.25) is 0 Å². The van der Waals surface area contributed by atoms with E-state index in [2.05, 4.69) is 29.2 Å². The zero-order chi connectivity index (χ0) is 25.9. The number of amides is 2. The second-order valence-corrected chi connectivity index (χ2v) is 10.3. The maximum absolute atomic E-state index is 13.7. The van der Waals surface area contributed by atoms with E-state index < -0.39 is 12.2 Å². The van der Waals surface area contributed by atoms with E-state index in [1.807, 2.05) is 60.7 Å². The minimum absolute atomic E-state index is 0.146. The van der Waals surface area contributed by atoms with Gasteiger partial charge in [-0.15, -0.1) is 0 Å². The van der Waals surface area contributed by atoms with Crippen LogP contribution >= 0.6 is 0 Å². The van der Waals surface area contributed by atoms with E-state index >= 15 is 0 Å². The van der Waals surface area contributed by atoms with Crippen LogP contribution < -0.4 is 0 Å². The van der Waals surface area contributed by atoms with Crippen molar-refractivity contribution in [2.45, 2.75) is 63.6 Å². The molecule has 3 atom stereocenters. The maximum atomic E-state index is 13.7. The van der Waals surface area contributed by atoms with Crippen molar-refractivity contribution >= 4 is 12.2 Å². The predicted octanol–water partition coefficient (Wildman–Crippen LogP) is 6.06. The van der Waals surface area contributed by atoms with Crippen LogP contribution in [0.3, 0.4) is 0 Å². The van der Waals surface area contributed by atoms with Crippen LogP contribution in [0, 0.1) is 0 Å². The first-order valence-electron chi connectivity index (χ1n) is 13.5. The Bertz CT molecular complexity index is 1270. The van der Waals surface area contributed by atoms with E-state index in [1.165, 1.54) is 21.1 Å². The minimum Gasteiger partial charge on any atom is -0.443 e. The number of hydrazine groups is 1. The summed E-state index contributed by atoms with van der Waals surface area (Å²) in [6.07, 6.45) is 3.52. The molecule has 2 amide bonds. The number of aryl methyl sites for hydroxylation is 1. The van der Waals surface area contributed by atoms with Gasteiger partial charge in [0, 0.05) is 12.6 Å². The van der Waals surface area contributed by atoms with Gasteiger partial charge in [-0.2, -0.15) is 5.01 Å². The lowest BCUT2D eigenvalue weighted by Gasteiger charge is -2.58. The van der Waals surface area contributed by atoms with E-state index in [0.29, 0.717) is 6.54 Å². The van der Waals surface area contributed by atoms with Crippen molar-refractivity contribution in [3.8, 4) is 0 Å². The SMILES string of the molecule is O=C(OCc1ccccc1)N1C2CCC(N(C3CCCc4ccccc43)C2)N1C(=O)OCc1ccccc1. The number of hydrogen-bond acceptors (Lipinski definition) is 5. The number of piperidine rings is 1. The third-order valence-corrected chi connectivity index (χ3v) is 7.95. The molecule has 3 fully saturated rings. The Morgan fingerprint density at radius 3 is 2.00 bits per heavy atom. The standard InChI is InChI=1S/C31H33N3O4/c35-30(37-21-23-10-3-1-4-11-23)33-26-18-19-29(34(33)31(36)38-22-24-12-5-2-6-13-24)32(20-26)28-17-9-15-25-14-7-8-16-27(25)28/h1-8,10-14,16,26,28-29H,9,15,17-22H2. The fourth-order valence-electron chi connectivity index (χ4n) is 6.17.